The van der Waals surface area contributed by atoms with Gasteiger partial charge in [-0.3, -0.25) is 4.79 Å². The van der Waals surface area contributed by atoms with Gasteiger partial charge in [-0.1, -0.05) is 29.3 Å². The van der Waals surface area contributed by atoms with Gasteiger partial charge in [0.2, 0.25) is 0 Å². The summed E-state index contributed by atoms with van der Waals surface area (Å²) in [6, 6.07) is 13.7. The molecule has 0 radical (unpaired) electrons. The van der Waals surface area contributed by atoms with E-state index in [1.54, 1.807) is 24.3 Å². The van der Waals surface area contributed by atoms with Crippen molar-refractivity contribution in [1.82, 2.24) is 5.32 Å². The van der Waals surface area contributed by atoms with Crippen LogP contribution in [0.25, 0.3) is 0 Å². The van der Waals surface area contributed by atoms with Crippen LogP contribution in [0, 0.1) is 6.92 Å². The van der Waals surface area contributed by atoms with E-state index in [0.717, 1.165) is 18.8 Å². The molecule has 112 valence electrons. The van der Waals surface area contributed by atoms with Crippen LogP contribution in [0.3, 0.4) is 0 Å². The van der Waals surface area contributed by atoms with Gasteiger partial charge in [-0.25, -0.2) is 0 Å². The molecule has 1 amide bonds. The monoisotopic (exact) mass is 312 g/mol. The number of carbonyl (C=O) groups excluding carboxylic acids is 1. The Hall–Kier alpha value is -1.84. The van der Waals surface area contributed by atoms with Crippen molar-refractivity contribution < 1.29 is 4.79 Å². The highest BCUT2D eigenvalue weighted by Crippen LogP contribution is 2.43. The van der Waals surface area contributed by atoms with Crippen molar-refractivity contribution in [1.29, 1.82) is 0 Å². The fraction of sp³-hybridized carbons (Fsp3) is 0.278. The molecule has 2 aliphatic rings. The Bertz CT molecular complexity index is 741. The summed E-state index contributed by atoms with van der Waals surface area (Å²) in [5, 5.41) is 4.06. The molecule has 1 fully saturated rings. The average Bonchev–Trinajstić information content (AvgIpc) is 3.08. The zero-order valence-corrected chi connectivity index (χ0v) is 13.1. The molecule has 0 saturated carbocycles. The van der Waals surface area contributed by atoms with Gasteiger partial charge in [-0.15, -0.1) is 0 Å². The number of hydrogen-bond donors (Lipinski definition) is 1. The number of fused-ring (bicyclic) bond motifs is 3. The third-order valence-electron chi connectivity index (χ3n) is 4.67. The maximum absolute atomic E-state index is 13.0. The van der Waals surface area contributed by atoms with Crippen LogP contribution in [0.2, 0.25) is 5.02 Å². The molecule has 0 bridgehead atoms. The molecule has 4 rings (SSSR count). The molecule has 2 atom stereocenters. The molecule has 2 aliphatic heterocycles. The summed E-state index contributed by atoms with van der Waals surface area (Å²) in [6.07, 6.45) is 0. The first-order chi connectivity index (χ1) is 10.6. The number of hydrogen-bond acceptors (Lipinski definition) is 2. The van der Waals surface area contributed by atoms with Crippen LogP contribution in [0.5, 0.6) is 0 Å². The minimum Gasteiger partial charge on any atom is -0.314 e. The number of nitrogens with one attached hydrogen (secondary N) is 1. The predicted molar refractivity (Wildman–Crippen MR) is 88.8 cm³/mol. The molecular formula is C18H17ClN2O. The second-order valence-corrected chi connectivity index (χ2v) is 6.51. The van der Waals surface area contributed by atoms with Crippen LogP contribution in [0.4, 0.5) is 5.69 Å². The summed E-state index contributed by atoms with van der Waals surface area (Å²) < 4.78 is 0. The first-order valence-electron chi connectivity index (χ1n) is 7.55. The number of amides is 1. The first-order valence-corrected chi connectivity index (χ1v) is 7.93. The minimum atomic E-state index is 0.0537. The van der Waals surface area contributed by atoms with E-state index in [9.17, 15) is 4.79 Å². The third-order valence-corrected chi connectivity index (χ3v) is 4.92. The summed E-state index contributed by atoms with van der Waals surface area (Å²) in [6.45, 7) is 3.88. The zero-order valence-electron chi connectivity index (χ0n) is 12.3. The standard InChI is InChI=1S/C18H17ClN2O/c1-11-2-7-16-14(8-11)15-9-20-10-17(15)21(16)18(22)12-3-5-13(19)6-4-12/h2-8,15,17,20H,9-10H2,1H3/t15-,17-/m0/s1. The van der Waals surface area contributed by atoms with Crippen LogP contribution in [-0.2, 0) is 0 Å². The van der Waals surface area contributed by atoms with E-state index >= 15 is 0 Å². The summed E-state index contributed by atoms with van der Waals surface area (Å²) in [7, 11) is 0. The first kappa shape index (κ1) is 13.8. The number of aryl methyl sites for hydroxylation is 1. The molecule has 22 heavy (non-hydrogen) atoms. The Kier molecular flexibility index (Phi) is 3.21. The van der Waals surface area contributed by atoms with Gasteiger partial charge in [0.15, 0.2) is 0 Å². The quantitative estimate of drug-likeness (QED) is 0.875. The molecule has 1 N–H and O–H groups in total. The fourth-order valence-electron chi connectivity index (χ4n) is 3.61. The Balaban J connectivity index is 1.78. The van der Waals surface area contributed by atoms with Gasteiger partial charge in [0.1, 0.15) is 0 Å². The van der Waals surface area contributed by atoms with E-state index < -0.39 is 0 Å². The normalized spacial score (nSPS) is 22.5. The maximum atomic E-state index is 13.0. The number of anilines is 1. The van der Waals surface area contributed by atoms with Crippen molar-refractivity contribution in [3.05, 3.63) is 64.2 Å². The number of halogens is 1. The van der Waals surface area contributed by atoms with Crippen molar-refractivity contribution in [2.75, 3.05) is 18.0 Å². The van der Waals surface area contributed by atoms with Crippen molar-refractivity contribution in [2.45, 2.75) is 18.9 Å². The lowest BCUT2D eigenvalue weighted by molar-refractivity contribution is 0.0980. The number of rotatable bonds is 1. The third kappa shape index (κ3) is 2.04. The smallest absolute Gasteiger partial charge is 0.258 e. The van der Waals surface area contributed by atoms with Gasteiger partial charge >= 0.3 is 0 Å². The summed E-state index contributed by atoms with van der Waals surface area (Å²) >= 11 is 5.93. The van der Waals surface area contributed by atoms with E-state index in [4.69, 9.17) is 11.6 Å². The minimum absolute atomic E-state index is 0.0537. The Morgan fingerprint density at radius 2 is 1.95 bits per heavy atom. The van der Waals surface area contributed by atoms with Crippen LogP contribution < -0.4 is 10.2 Å². The largest absolute Gasteiger partial charge is 0.314 e. The molecule has 0 spiro atoms. The summed E-state index contributed by atoms with van der Waals surface area (Å²) in [5.41, 5.74) is 4.27. The molecule has 0 aromatic heterocycles. The van der Waals surface area contributed by atoms with Crippen molar-refractivity contribution >= 4 is 23.2 Å². The Morgan fingerprint density at radius 3 is 2.73 bits per heavy atom. The number of carbonyl (C=O) groups is 1. The molecule has 0 unspecified atom stereocenters. The fourth-order valence-corrected chi connectivity index (χ4v) is 3.74. The lowest BCUT2D eigenvalue weighted by atomic mass is 9.97. The van der Waals surface area contributed by atoms with Crippen molar-refractivity contribution in [2.24, 2.45) is 0 Å². The highest BCUT2D eigenvalue weighted by Gasteiger charge is 2.44. The number of benzene rings is 2. The topological polar surface area (TPSA) is 32.3 Å². The van der Waals surface area contributed by atoms with Crippen LogP contribution in [-0.4, -0.2) is 25.0 Å². The van der Waals surface area contributed by atoms with Gasteiger partial charge in [0, 0.05) is 35.3 Å². The van der Waals surface area contributed by atoms with Gasteiger partial charge in [0.25, 0.3) is 5.91 Å². The van der Waals surface area contributed by atoms with Gasteiger partial charge in [0.05, 0.1) is 6.04 Å². The molecule has 1 saturated heterocycles. The highest BCUT2D eigenvalue weighted by atomic mass is 35.5. The number of nitrogens with zero attached hydrogens (tertiary/aromatic N) is 1. The van der Waals surface area contributed by atoms with E-state index in [2.05, 4.69) is 30.4 Å². The Morgan fingerprint density at radius 1 is 1.18 bits per heavy atom. The molecule has 4 heteroatoms. The van der Waals surface area contributed by atoms with E-state index in [1.807, 2.05) is 4.90 Å². The summed E-state index contributed by atoms with van der Waals surface area (Å²) in [5.74, 6) is 0.448. The van der Waals surface area contributed by atoms with Crippen LogP contribution in [0.15, 0.2) is 42.5 Å². The SMILES string of the molecule is Cc1ccc2c(c1)[C@@H]1CNC[C@@H]1N2C(=O)c1ccc(Cl)cc1. The molecule has 2 aromatic rings. The van der Waals surface area contributed by atoms with Gasteiger partial charge in [-0.05, 0) is 42.8 Å². The predicted octanol–water partition coefficient (Wildman–Crippen LogP) is 3.36. The second kappa shape index (κ2) is 5.11. The second-order valence-electron chi connectivity index (χ2n) is 6.08. The summed E-state index contributed by atoms with van der Waals surface area (Å²) in [4.78, 5) is 15.0. The van der Waals surface area contributed by atoms with E-state index in [1.165, 1.54) is 11.1 Å². The maximum Gasteiger partial charge on any atom is 0.258 e. The molecule has 3 nitrogen and oxygen atoms in total. The van der Waals surface area contributed by atoms with Crippen molar-refractivity contribution in [3.8, 4) is 0 Å². The van der Waals surface area contributed by atoms with Gasteiger partial charge in [-0.2, -0.15) is 0 Å². The Labute approximate surface area is 134 Å². The lowest BCUT2D eigenvalue weighted by Crippen LogP contribution is -2.40. The highest BCUT2D eigenvalue weighted by molar-refractivity contribution is 6.30. The van der Waals surface area contributed by atoms with E-state index in [-0.39, 0.29) is 11.9 Å². The zero-order chi connectivity index (χ0) is 15.3. The molecule has 2 aromatic carbocycles. The van der Waals surface area contributed by atoms with Crippen molar-refractivity contribution in [3.63, 3.8) is 0 Å². The van der Waals surface area contributed by atoms with Gasteiger partial charge < -0.3 is 10.2 Å². The molecular weight excluding hydrogens is 296 g/mol. The molecule has 0 aliphatic carbocycles. The van der Waals surface area contributed by atoms with Crippen LogP contribution >= 0.6 is 11.6 Å². The van der Waals surface area contributed by atoms with Crippen LogP contribution in [0.1, 0.15) is 27.4 Å². The average molecular weight is 313 g/mol. The lowest BCUT2D eigenvalue weighted by Gasteiger charge is -2.24. The molecule has 2 heterocycles. The van der Waals surface area contributed by atoms with E-state index in [0.29, 0.717) is 16.5 Å².